The number of benzene rings is 2. The van der Waals surface area contributed by atoms with Crippen LogP contribution >= 0.6 is 11.8 Å². The fourth-order valence-corrected chi connectivity index (χ4v) is 3.12. The number of rotatable bonds is 5. The zero-order chi connectivity index (χ0) is 14.5. The monoisotopic (exact) mass is 285 g/mol. The van der Waals surface area contributed by atoms with Crippen LogP contribution in [0.15, 0.2) is 46.2 Å². The lowest BCUT2D eigenvalue weighted by Crippen LogP contribution is -2.12. The van der Waals surface area contributed by atoms with E-state index in [-0.39, 0.29) is 0 Å². The third kappa shape index (κ3) is 3.87. The average molecular weight is 285 g/mol. The fraction of sp³-hybridized carbons (Fsp3) is 0.333. The van der Waals surface area contributed by atoms with Gasteiger partial charge in [-0.05, 0) is 73.8 Å². The molecular formula is C18H23NS. The lowest BCUT2D eigenvalue weighted by molar-refractivity contribution is 0.723. The third-order valence-corrected chi connectivity index (χ3v) is 4.57. The summed E-state index contributed by atoms with van der Waals surface area (Å²) in [4.78, 5) is 2.62. The highest BCUT2D eigenvalue weighted by molar-refractivity contribution is 7.99. The van der Waals surface area contributed by atoms with E-state index in [1.807, 2.05) is 11.8 Å². The molecule has 0 atom stereocenters. The number of hydrogen-bond donors (Lipinski definition) is 1. The van der Waals surface area contributed by atoms with Gasteiger partial charge in [-0.1, -0.05) is 30.8 Å². The van der Waals surface area contributed by atoms with Crippen LogP contribution in [0.2, 0.25) is 0 Å². The lowest BCUT2D eigenvalue weighted by atomic mass is 10.1. The Bertz CT molecular complexity index is 590. The molecule has 2 aromatic rings. The van der Waals surface area contributed by atoms with E-state index in [9.17, 15) is 0 Å². The Balaban J connectivity index is 2.13. The molecule has 1 nitrogen and oxygen atoms in total. The second-order valence-corrected chi connectivity index (χ2v) is 6.36. The Labute approximate surface area is 126 Å². The molecule has 0 spiro atoms. The molecule has 0 amide bonds. The molecule has 106 valence electrons. The average Bonchev–Trinajstić information content (AvgIpc) is 2.42. The Kier molecular flexibility index (Phi) is 5.27. The molecule has 0 aliphatic rings. The maximum Gasteiger partial charge on any atom is 0.0208 e. The van der Waals surface area contributed by atoms with E-state index in [1.165, 1.54) is 32.0 Å². The van der Waals surface area contributed by atoms with Crippen molar-refractivity contribution in [2.24, 2.45) is 0 Å². The van der Waals surface area contributed by atoms with Crippen LogP contribution in [-0.4, -0.2) is 6.54 Å². The van der Waals surface area contributed by atoms with Gasteiger partial charge in [0.1, 0.15) is 0 Å². The van der Waals surface area contributed by atoms with Gasteiger partial charge in [0.2, 0.25) is 0 Å². The van der Waals surface area contributed by atoms with Crippen LogP contribution in [0.4, 0.5) is 0 Å². The molecule has 20 heavy (non-hydrogen) atoms. The molecule has 0 saturated carbocycles. The predicted octanol–water partition coefficient (Wildman–Crippen LogP) is 4.87. The van der Waals surface area contributed by atoms with Crippen molar-refractivity contribution in [3.63, 3.8) is 0 Å². The third-order valence-electron chi connectivity index (χ3n) is 3.59. The van der Waals surface area contributed by atoms with Gasteiger partial charge >= 0.3 is 0 Å². The van der Waals surface area contributed by atoms with E-state index in [0.717, 1.165) is 13.1 Å². The molecule has 0 fully saturated rings. The molecule has 0 unspecified atom stereocenters. The first-order valence-corrected chi connectivity index (χ1v) is 7.97. The highest BCUT2D eigenvalue weighted by Gasteiger charge is 2.03. The number of hydrogen-bond acceptors (Lipinski definition) is 2. The second kappa shape index (κ2) is 6.96. The molecule has 1 N–H and O–H groups in total. The summed E-state index contributed by atoms with van der Waals surface area (Å²) in [5.74, 6) is 0. The van der Waals surface area contributed by atoms with Crippen LogP contribution in [0.1, 0.15) is 29.2 Å². The van der Waals surface area contributed by atoms with Gasteiger partial charge in [-0.3, -0.25) is 0 Å². The van der Waals surface area contributed by atoms with Gasteiger partial charge in [-0.25, -0.2) is 0 Å². The van der Waals surface area contributed by atoms with Crippen LogP contribution in [0.25, 0.3) is 0 Å². The molecule has 2 aromatic carbocycles. The zero-order valence-corrected chi connectivity index (χ0v) is 13.6. The van der Waals surface area contributed by atoms with Gasteiger partial charge in [0.25, 0.3) is 0 Å². The van der Waals surface area contributed by atoms with Crippen LogP contribution in [0, 0.1) is 20.8 Å². The van der Waals surface area contributed by atoms with Crippen molar-refractivity contribution in [1.82, 2.24) is 5.32 Å². The van der Waals surface area contributed by atoms with E-state index >= 15 is 0 Å². The Morgan fingerprint density at radius 2 is 1.50 bits per heavy atom. The van der Waals surface area contributed by atoms with E-state index < -0.39 is 0 Å². The van der Waals surface area contributed by atoms with Crippen LogP contribution in [0.3, 0.4) is 0 Å². The molecular weight excluding hydrogens is 262 g/mol. The zero-order valence-electron chi connectivity index (χ0n) is 12.8. The van der Waals surface area contributed by atoms with Crippen LogP contribution in [0.5, 0.6) is 0 Å². The standard InChI is InChI=1S/C18H23NS/c1-5-19-12-16-7-9-18(11-15(16)4)20-17-8-6-13(2)14(3)10-17/h6-11,19H,5,12H2,1-4H3. The Morgan fingerprint density at radius 3 is 2.10 bits per heavy atom. The van der Waals surface area contributed by atoms with Gasteiger partial charge < -0.3 is 5.32 Å². The minimum atomic E-state index is 0.955. The maximum atomic E-state index is 3.38. The summed E-state index contributed by atoms with van der Waals surface area (Å²) in [7, 11) is 0. The first kappa shape index (κ1) is 15.1. The normalized spacial score (nSPS) is 10.8. The fourth-order valence-electron chi connectivity index (χ4n) is 2.10. The van der Waals surface area contributed by atoms with Gasteiger partial charge in [-0.2, -0.15) is 0 Å². The highest BCUT2D eigenvalue weighted by atomic mass is 32.2. The molecule has 0 bridgehead atoms. The van der Waals surface area contributed by atoms with Crippen molar-refractivity contribution in [3.05, 3.63) is 58.7 Å². The van der Waals surface area contributed by atoms with Gasteiger partial charge in [0.15, 0.2) is 0 Å². The van der Waals surface area contributed by atoms with Crippen molar-refractivity contribution in [2.75, 3.05) is 6.54 Å². The topological polar surface area (TPSA) is 12.0 Å². The van der Waals surface area contributed by atoms with Crippen molar-refractivity contribution in [2.45, 2.75) is 44.0 Å². The van der Waals surface area contributed by atoms with Crippen LogP contribution < -0.4 is 5.32 Å². The SMILES string of the molecule is CCNCc1ccc(Sc2ccc(C)c(C)c2)cc1C. The molecule has 0 saturated heterocycles. The summed E-state index contributed by atoms with van der Waals surface area (Å²) in [5, 5.41) is 3.38. The van der Waals surface area contributed by atoms with E-state index in [2.05, 4.69) is 69.4 Å². The Hall–Kier alpha value is -1.25. The summed E-state index contributed by atoms with van der Waals surface area (Å²) in [6.45, 7) is 10.6. The summed E-state index contributed by atoms with van der Waals surface area (Å²) >= 11 is 1.84. The van der Waals surface area contributed by atoms with Crippen molar-refractivity contribution < 1.29 is 0 Å². The molecule has 0 heterocycles. The molecule has 0 aliphatic heterocycles. The number of nitrogens with one attached hydrogen (secondary N) is 1. The van der Waals surface area contributed by atoms with Crippen molar-refractivity contribution in [1.29, 1.82) is 0 Å². The van der Waals surface area contributed by atoms with E-state index in [1.54, 1.807) is 0 Å². The summed E-state index contributed by atoms with van der Waals surface area (Å²) < 4.78 is 0. The molecule has 0 aliphatic carbocycles. The highest BCUT2D eigenvalue weighted by Crippen LogP contribution is 2.30. The Morgan fingerprint density at radius 1 is 0.850 bits per heavy atom. The minimum Gasteiger partial charge on any atom is -0.313 e. The summed E-state index contributed by atoms with van der Waals surface area (Å²) in [6, 6.07) is 13.4. The molecule has 2 rings (SSSR count). The van der Waals surface area contributed by atoms with Crippen LogP contribution in [-0.2, 0) is 6.54 Å². The molecule has 0 radical (unpaired) electrons. The quantitative estimate of drug-likeness (QED) is 0.841. The van der Waals surface area contributed by atoms with Crippen molar-refractivity contribution in [3.8, 4) is 0 Å². The lowest BCUT2D eigenvalue weighted by Gasteiger charge is -2.10. The maximum absolute atomic E-state index is 3.38. The first-order chi connectivity index (χ1) is 9.60. The first-order valence-electron chi connectivity index (χ1n) is 7.15. The van der Waals surface area contributed by atoms with Gasteiger partial charge in [0, 0.05) is 16.3 Å². The minimum absolute atomic E-state index is 0.955. The number of aryl methyl sites for hydroxylation is 3. The van der Waals surface area contributed by atoms with Gasteiger partial charge in [0.05, 0.1) is 0 Å². The summed E-state index contributed by atoms with van der Waals surface area (Å²) in [6.07, 6.45) is 0. The second-order valence-electron chi connectivity index (χ2n) is 5.22. The largest absolute Gasteiger partial charge is 0.313 e. The molecule has 0 aromatic heterocycles. The molecule has 2 heteroatoms. The van der Waals surface area contributed by atoms with Crippen molar-refractivity contribution >= 4 is 11.8 Å². The van der Waals surface area contributed by atoms with E-state index in [4.69, 9.17) is 0 Å². The van der Waals surface area contributed by atoms with E-state index in [0.29, 0.717) is 0 Å². The smallest absolute Gasteiger partial charge is 0.0208 e. The summed E-state index contributed by atoms with van der Waals surface area (Å²) in [5.41, 5.74) is 5.46. The predicted molar refractivity (Wildman–Crippen MR) is 88.6 cm³/mol. The van der Waals surface area contributed by atoms with Gasteiger partial charge in [-0.15, -0.1) is 0 Å².